The molecule has 11 heteroatoms. The van der Waals surface area contributed by atoms with Crippen molar-refractivity contribution >= 4 is 32.7 Å². The third-order valence-corrected chi connectivity index (χ3v) is 8.27. The summed E-state index contributed by atoms with van der Waals surface area (Å²) in [6.07, 6.45) is 12.2. The highest BCUT2D eigenvalue weighted by Crippen LogP contribution is 2.35. The lowest BCUT2D eigenvalue weighted by molar-refractivity contribution is -0.124. The van der Waals surface area contributed by atoms with Gasteiger partial charge in [-0.15, -0.1) is 6.42 Å². The van der Waals surface area contributed by atoms with Crippen molar-refractivity contribution in [2.45, 2.75) is 45.6 Å². The molecule has 1 saturated heterocycles. The minimum Gasteiger partial charge on any atom is -0.496 e. The van der Waals surface area contributed by atoms with E-state index in [1.165, 1.54) is 12.1 Å². The van der Waals surface area contributed by atoms with Crippen LogP contribution in [0.2, 0.25) is 0 Å². The van der Waals surface area contributed by atoms with E-state index in [0.29, 0.717) is 36.4 Å². The molecule has 1 atom stereocenters. The highest BCUT2D eigenvalue weighted by molar-refractivity contribution is 7.92. The Hall–Kier alpha value is -3.23. The highest BCUT2D eigenvalue weighted by Gasteiger charge is 2.28. The van der Waals surface area contributed by atoms with Gasteiger partial charge in [-0.25, -0.2) is 14.3 Å². The summed E-state index contributed by atoms with van der Waals surface area (Å²) >= 11 is 0. The second-order valence-corrected chi connectivity index (χ2v) is 11.5. The number of amides is 1. The molecule has 1 amide bonds. The lowest BCUT2D eigenvalue weighted by Gasteiger charge is -2.21. The number of nitrogens with zero attached hydrogens (tertiary/aromatic N) is 3. The molecule has 4 rings (SSSR count). The van der Waals surface area contributed by atoms with Crippen LogP contribution in [0.3, 0.4) is 0 Å². The maximum atomic E-state index is 12.8. The summed E-state index contributed by atoms with van der Waals surface area (Å²) in [4.78, 5) is 13.4. The maximum absolute atomic E-state index is 12.8. The number of methoxy groups -OCH3 is 1. The van der Waals surface area contributed by atoms with Crippen LogP contribution in [0.4, 0.5) is 5.82 Å². The van der Waals surface area contributed by atoms with Crippen LogP contribution in [0.25, 0.3) is 11.0 Å². The molecule has 1 aliphatic heterocycles. The number of rotatable bonds is 8. The predicted octanol–water partition coefficient (Wildman–Crippen LogP) is 2.83. The van der Waals surface area contributed by atoms with E-state index in [0.717, 1.165) is 43.2 Å². The molecule has 0 spiro atoms. The number of hydrazine groups is 1. The van der Waals surface area contributed by atoms with Crippen molar-refractivity contribution in [1.82, 2.24) is 15.1 Å². The second kappa shape index (κ2) is 10.8. The van der Waals surface area contributed by atoms with E-state index in [4.69, 9.17) is 21.5 Å². The fourth-order valence-corrected chi connectivity index (χ4v) is 6.51. The number of terminal acetylenes is 1. The number of sulfonamides is 1. The number of ether oxygens (including phenoxy) is 1. The smallest absolute Gasteiger partial charge is 0.298 e. The molecule has 194 valence electrons. The van der Waals surface area contributed by atoms with Crippen LogP contribution in [0, 0.1) is 24.2 Å². The lowest BCUT2D eigenvalue weighted by atomic mass is 9.91. The van der Waals surface area contributed by atoms with Gasteiger partial charge in [-0.1, -0.05) is 31.3 Å². The van der Waals surface area contributed by atoms with E-state index in [-0.39, 0.29) is 29.3 Å². The van der Waals surface area contributed by atoms with Crippen LogP contribution in [0.15, 0.2) is 28.4 Å². The van der Waals surface area contributed by atoms with Crippen molar-refractivity contribution in [3.05, 3.63) is 29.5 Å². The summed E-state index contributed by atoms with van der Waals surface area (Å²) in [5.74, 6) is 8.99. The van der Waals surface area contributed by atoms with Crippen LogP contribution in [-0.2, 0) is 21.4 Å². The zero-order chi connectivity index (χ0) is 25.9. The molecule has 0 radical (unpaired) electrons. The first-order valence-electron chi connectivity index (χ1n) is 12.1. The molecule has 36 heavy (non-hydrogen) atoms. The van der Waals surface area contributed by atoms with Gasteiger partial charge < -0.3 is 19.2 Å². The number of benzene rings is 1. The zero-order valence-corrected chi connectivity index (χ0v) is 21.5. The van der Waals surface area contributed by atoms with Crippen LogP contribution in [-0.4, -0.2) is 55.3 Å². The van der Waals surface area contributed by atoms with Crippen molar-refractivity contribution in [2.24, 2.45) is 17.7 Å². The summed E-state index contributed by atoms with van der Waals surface area (Å²) < 4.78 is 39.2. The number of fused-ring (bicyclic) bond motifs is 1. The van der Waals surface area contributed by atoms with Crippen molar-refractivity contribution in [3.8, 4) is 18.1 Å². The van der Waals surface area contributed by atoms with Crippen molar-refractivity contribution in [1.29, 1.82) is 0 Å². The van der Waals surface area contributed by atoms with Crippen molar-refractivity contribution in [3.63, 3.8) is 0 Å². The van der Waals surface area contributed by atoms with Gasteiger partial charge >= 0.3 is 0 Å². The number of nitrogens with two attached hydrogens (primary N) is 1. The molecule has 2 fully saturated rings. The Kier molecular flexibility index (Phi) is 7.76. The van der Waals surface area contributed by atoms with Gasteiger partial charge in [0.2, 0.25) is 10.0 Å². The second-order valence-electron chi connectivity index (χ2n) is 9.70. The molecule has 2 aromatic rings. The zero-order valence-electron chi connectivity index (χ0n) is 20.7. The predicted molar refractivity (Wildman–Crippen MR) is 137 cm³/mol. The van der Waals surface area contributed by atoms with E-state index >= 15 is 0 Å². The van der Waals surface area contributed by atoms with Gasteiger partial charge in [0.1, 0.15) is 11.1 Å². The van der Waals surface area contributed by atoms with Gasteiger partial charge in [0.05, 0.1) is 19.4 Å². The van der Waals surface area contributed by atoms with E-state index in [9.17, 15) is 13.2 Å². The Balaban J connectivity index is 1.49. The summed E-state index contributed by atoms with van der Waals surface area (Å²) in [6.45, 7) is 3.34. The standard InChI is InChI=1S/C25H33N5O5S/c1-4-23(31)29-12-17(2)20(14-29)15-30(26)13-19-10-21(34-3)24-22(11-19)35-27-25(24)28-36(32,33)16-18-8-6-5-7-9-18/h1,10-11,15,17-18H,5-9,12-14,16,26H2,2-3H3,(H,27,28)/b20-15-. The monoisotopic (exact) mass is 515 g/mol. The van der Waals surface area contributed by atoms with Crippen LogP contribution < -0.4 is 15.3 Å². The number of likely N-dealkylation sites (tertiary alicyclic amines) is 1. The van der Waals surface area contributed by atoms with Gasteiger partial charge in [0.15, 0.2) is 11.4 Å². The fourth-order valence-electron chi connectivity index (χ4n) is 5.04. The van der Waals surface area contributed by atoms with E-state index in [1.54, 1.807) is 17.0 Å². The number of carbonyl (C=O) groups excluding carboxylic acids is 1. The number of anilines is 1. The topological polar surface area (TPSA) is 131 Å². The van der Waals surface area contributed by atoms with Gasteiger partial charge in [0.25, 0.3) is 5.91 Å². The Morgan fingerprint density at radius 2 is 2.14 bits per heavy atom. The van der Waals surface area contributed by atoms with Gasteiger partial charge in [-0.3, -0.25) is 9.52 Å². The first-order valence-corrected chi connectivity index (χ1v) is 13.8. The van der Waals surface area contributed by atoms with Gasteiger partial charge in [-0.05, 0) is 53.9 Å². The van der Waals surface area contributed by atoms with Crippen molar-refractivity contribution < 1.29 is 22.5 Å². The molecule has 1 unspecified atom stereocenters. The quantitative estimate of drug-likeness (QED) is 0.312. The number of nitrogens with one attached hydrogen (secondary N) is 1. The number of aromatic nitrogens is 1. The normalized spacial score (nSPS) is 20.0. The van der Waals surface area contributed by atoms with Crippen LogP contribution in [0.5, 0.6) is 5.75 Å². The average Bonchev–Trinajstić information content (AvgIpc) is 3.41. The van der Waals surface area contributed by atoms with E-state index in [1.807, 2.05) is 13.1 Å². The lowest BCUT2D eigenvalue weighted by Crippen LogP contribution is -2.27. The molecule has 1 aliphatic carbocycles. The largest absolute Gasteiger partial charge is 0.496 e. The summed E-state index contributed by atoms with van der Waals surface area (Å²) in [6, 6.07) is 3.54. The molecular weight excluding hydrogens is 482 g/mol. The average molecular weight is 516 g/mol. The maximum Gasteiger partial charge on any atom is 0.298 e. The number of carbonyl (C=O) groups is 1. The molecule has 1 aromatic carbocycles. The third-order valence-electron chi connectivity index (χ3n) is 6.86. The first kappa shape index (κ1) is 25.9. The Morgan fingerprint density at radius 1 is 1.39 bits per heavy atom. The summed E-state index contributed by atoms with van der Waals surface area (Å²) in [7, 11) is -2.08. The molecular formula is C25H33N5O5S. The molecule has 2 heterocycles. The molecule has 1 aromatic heterocycles. The molecule has 3 N–H and O–H groups in total. The molecule has 1 saturated carbocycles. The highest BCUT2D eigenvalue weighted by atomic mass is 32.2. The Labute approximate surface area is 211 Å². The van der Waals surface area contributed by atoms with E-state index in [2.05, 4.69) is 15.8 Å². The summed E-state index contributed by atoms with van der Waals surface area (Å²) in [5, 5.41) is 5.96. The van der Waals surface area contributed by atoms with Gasteiger partial charge in [-0.2, -0.15) is 0 Å². The molecule has 0 bridgehead atoms. The first-order chi connectivity index (χ1) is 17.2. The van der Waals surface area contributed by atoms with E-state index < -0.39 is 10.0 Å². The minimum absolute atomic E-state index is 0.0708. The minimum atomic E-state index is -3.59. The number of hydrogen-bond donors (Lipinski definition) is 2. The van der Waals surface area contributed by atoms with Crippen LogP contribution >= 0.6 is 0 Å². The third kappa shape index (κ3) is 5.94. The van der Waals surface area contributed by atoms with Crippen molar-refractivity contribution in [2.75, 3.05) is 30.7 Å². The Bertz CT molecular complexity index is 1290. The van der Waals surface area contributed by atoms with Gasteiger partial charge in [0, 0.05) is 19.3 Å². The SMILES string of the molecule is C#CC(=O)N1C/C(=C/N(N)Cc2cc(OC)c3c(NS(=O)(=O)CC4CCCCC4)noc3c2)C(C)C1. The fraction of sp³-hybridized carbons (Fsp3) is 0.520. The van der Waals surface area contributed by atoms with Crippen LogP contribution in [0.1, 0.15) is 44.6 Å². The molecule has 10 nitrogen and oxygen atoms in total. The Morgan fingerprint density at radius 3 is 2.83 bits per heavy atom. The summed E-state index contributed by atoms with van der Waals surface area (Å²) in [5.41, 5.74) is 2.18. The molecule has 2 aliphatic rings. The number of hydrogen-bond acceptors (Lipinski definition) is 8.